The SMILES string of the molecule is COC1CCCCC1N1CCN(Cc2ccc(Cl)cc2)CC1. The maximum absolute atomic E-state index is 5.95. The Balaban J connectivity index is 1.50. The minimum Gasteiger partial charge on any atom is -0.380 e. The number of piperazine rings is 1. The van der Waals surface area contributed by atoms with Gasteiger partial charge in [-0.3, -0.25) is 9.80 Å². The van der Waals surface area contributed by atoms with Gasteiger partial charge in [0.15, 0.2) is 0 Å². The van der Waals surface area contributed by atoms with Gasteiger partial charge < -0.3 is 4.74 Å². The number of methoxy groups -OCH3 is 1. The zero-order valence-electron chi connectivity index (χ0n) is 13.5. The summed E-state index contributed by atoms with van der Waals surface area (Å²) < 4.78 is 5.72. The van der Waals surface area contributed by atoms with E-state index in [1.807, 2.05) is 19.2 Å². The normalized spacial score (nSPS) is 27.9. The quantitative estimate of drug-likeness (QED) is 0.845. The summed E-state index contributed by atoms with van der Waals surface area (Å²) in [5.41, 5.74) is 1.35. The van der Waals surface area contributed by atoms with Crippen molar-refractivity contribution >= 4 is 11.6 Å². The third-order valence-corrected chi connectivity index (χ3v) is 5.42. The molecule has 3 rings (SSSR count). The average Bonchev–Trinajstić information content (AvgIpc) is 2.58. The van der Waals surface area contributed by atoms with Crippen LogP contribution in [0.3, 0.4) is 0 Å². The van der Waals surface area contributed by atoms with Crippen LogP contribution in [-0.4, -0.2) is 55.2 Å². The first-order chi connectivity index (χ1) is 10.8. The lowest BCUT2D eigenvalue weighted by atomic mass is 9.90. The summed E-state index contributed by atoms with van der Waals surface area (Å²) in [5, 5.41) is 0.816. The second kappa shape index (κ2) is 7.78. The first kappa shape index (κ1) is 16.3. The summed E-state index contributed by atoms with van der Waals surface area (Å²) in [4.78, 5) is 5.20. The predicted octanol–water partition coefficient (Wildman–Crippen LogP) is 3.42. The highest BCUT2D eigenvalue weighted by Gasteiger charge is 2.31. The third-order valence-electron chi connectivity index (χ3n) is 5.17. The van der Waals surface area contributed by atoms with Crippen molar-refractivity contribution in [2.75, 3.05) is 33.3 Å². The zero-order chi connectivity index (χ0) is 15.4. The molecule has 22 heavy (non-hydrogen) atoms. The van der Waals surface area contributed by atoms with Gasteiger partial charge in [-0.05, 0) is 30.5 Å². The fraction of sp³-hybridized carbons (Fsp3) is 0.667. The molecule has 2 aliphatic rings. The van der Waals surface area contributed by atoms with E-state index in [9.17, 15) is 0 Å². The van der Waals surface area contributed by atoms with Gasteiger partial charge in [-0.15, -0.1) is 0 Å². The Morgan fingerprint density at radius 1 is 1.05 bits per heavy atom. The second-order valence-corrected chi connectivity index (χ2v) is 7.00. The number of halogens is 1. The maximum atomic E-state index is 5.95. The van der Waals surface area contributed by atoms with Gasteiger partial charge in [0, 0.05) is 50.9 Å². The fourth-order valence-corrected chi connectivity index (χ4v) is 4.00. The summed E-state index contributed by atoms with van der Waals surface area (Å²) in [6, 6.07) is 8.88. The topological polar surface area (TPSA) is 15.7 Å². The van der Waals surface area contributed by atoms with E-state index < -0.39 is 0 Å². The number of hydrogen-bond acceptors (Lipinski definition) is 3. The van der Waals surface area contributed by atoms with Crippen molar-refractivity contribution in [1.29, 1.82) is 0 Å². The highest BCUT2D eigenvalue weighted by molar-refractivity contribution is 6.30. The fourth-order valence-electron chi connectivity index (χ4n) is 3.87. The van der Waals surface area contributed by atoms with Crippen LogP contribution in [-0.2, 0) is 11.3 Å². The minimum absolute atomic E-state index is 0.441. The lowest BCUT2D eigenvalue weighted by molar-refractivity contribution is -0.0279. The van der Waals surface area contributed by atoms with Crippen molar-refractivity contribution < 1.29 is 4.74 Å². The molecule has 1 heterocycles. The summed E-state index contributed by atoms with van der Waals surface area (Å²) in [7, 11) is 1.87. The van der Waals surface area contributed by atoms with Crippen molar-refractivity contribution in [1.82, 2.24) is 9.80 Å². The molecule has 2 atom stereocenters. The molecule has 1 aliphatic carbocycles. The molecule has 1 aliphatic heterocycles. The zero-order valence-corrected chi connectivity index (χ0v) is 14.3. The van der Waals surface area contributed by atoms with Gasteiger partial charge in [0.25, 0.3) is 0 Å². The van der Waals surface area contributed by atoms with Gasteiger partial charge >= 0.3 is 0 Å². The van der Waals surface area contributed by atoms with Gasteiger partial charge in [0.2, 0.25) is 0 Å². The Morgan fingerprint density at radius 3 is 2.41 bits per heavy atom. The van der Waals surface area contributed by atoms with E-state index >= 15 is 0 Å². The highest BCUT2D eigenvalue weighted by atomic mass is 35.5. The molecule has 0 spiro atoms. The number of ether oxygens (including phenoxy) is 1. The standard InChI is InChI=1S/C18H27ClN2O/c1-22-18-5-3-2-4-17(18)21-12-10-20(11-13-21)14-15-6-8-16(19)9-7-15/h6-9,17-18H,2-5,10-14H2,1H3. The summed E-state index contributed by atoms with van der Waals surface area (Å²) in [5.74, 6) is 0. The Hall–Kier alpha value is -0.610. The minimum atomic E-state index is 0.441. The van der Waals surface area contributed by atoms with Crippen LogP contribution in [0.5, 0.6) is 0 Å². The van der Waals surface area contributed by atoms with Crippen molar-refractivity contribution in [2.24, 2.45) is 0 Å². The van der Waals surface area contributed by atoms with E-state index in [0.29, 0.717) is 12.1 Å². The number of rotatable bonds is 4. The smallest absolute Gasteiger partial charge is 0.0726 e. The van der Waals surface area contributed by atoms with Gasteiger partial charge in [-0.2, -0.15) is 0 Å². The van der Waals surface area contributed by atoms with Crippen molar-refractivity contribution in [3.8, 4) is 0 Å². The molecule has 2 unspecified atom stereocenters. The summed E-state index contributed by atoms with van der Waals surface area (Å²) in [6.07, 6.45) is 5.65. The molecular weight excluding hydrogens is 296 g/mol. The molecule has 0 amide bonds. The lowest BCUT2D eigenvalue weighted by Crippen LogP contribution is -2.54. The Kier molecular flexibility index (Phi) is 5.75. The largest absolute Gasteiger partial charge is 0.380 e. The lowest BCUT2D eigenvalue weighted by Gasteiger charge is -2.43. The molecule has 122 valence electrons. The van der Waals surface area contributed by atoms with Crippen LogP contribution in [0.2, 0.25) is 5.02 Å². The van der Waals surface area contributed by atoms with E-state index in [0.717, 1.165) is 37.7 Å². The molecule has 3 nitrogen and oxygen atoms in total. The molecule has 4 heteroatoms. The number of benzene rings is 1. The van der Waals surface area contributed by atoms with E-state index in [2.05, 4.69) is 21.9 Å². The van der Waals surface area contributed by atoms with E-state index in [1.54, 1.807) is 0 Å². The highest BCUT2D eigenvalue weighted by Crippen LogP contribution is 2.26. The van der Waals surface area contributed by atoms with Crippen LogP contribution in [0.25, 0.3) is 0 Å². The second-order valence-electron chi connectivity index (χ2n) is 6.56. The predicted molar refractivity (Wildman–Crippen MR) is 91.4 cm³/mol. The molecule has 1 aromatic rings. The van der Waals surface area contributed by atoms with Crippen LogP contribution in [0.1, 0.15) is 31.2 Å². The molecule has 0 aromatic heterocycles. The van der Waals surface area contributed by atoms with Crippen molar-refractivity contribution in [3.05, 3.63) is 34.9 Å². The van der Waals surface area contributed by atoms with Crippen LogP contribution >= 0.6 is 11.6 Å². The maximum Gasteiger partial charge on any atom is 0.0726 e. The average molecular weight is 323 g/mol. The van der Waals surface area contributed by atoms with E-state index in [4.69, 9.17) is 16.3 Å². The van der Waals surface area contributed by atoms with Gasteiger partial charge in [0.05, 0.1) is 6.10 Å². The van der Waals surface area contributed by atoms with Crippen LogP contribution in [0.4, 0.5) is 0 Å². The van der Waals surface area contributed by atoms with Crippen LogP contribution in [0.15, 0.2) is 24.3 Å². The number of hydrogen-bond donors (Lipinski definition) is 0. The molecule has 1 saturated heterocycles. The molecule has 1 saturated carbocycles. The van der Waals surface area contributed by atoms with E-state index in [-0.39, 0.29) is 0 Å². The van der Waals surface area contributed by atoms with E-state index in [1.165, 1.54) is 31.2 Å². The first-order valence-electron chi connectivity index (χ1n) is 8.50. The monoisotopic (exact) mass is 322 g/mol. The molecule has 2 fully saturated rings. The van der Waals surface area contributed by atoms with Gasteiger partial charge in [-0.25, -0.2) is 0 Å². The van der Waals surface area contributed by atoms with Gasteiger partial charge in [0.1, 0.15) is 0 Å². The molecule has 1 aromatic carbocycles. The summed E-state index contributed by atoms with van der Waals surface area (Å²) >= 11 is 5.95. The van der Waals surface area contributed by atoms with Crippen molar-refractivity contribution in [3.63, 3.8) is 0 Å². The van der Waals surface area contributed by atoms with Crippen molar-refractivity contribution in [2.45, 2.75) is 44.4 Å². The Morgan fingerprint density at radius 2 is 1.73 bits per heavy atom. The molecular formula is C18H27ClN2O. The molecule has 0 bridgehead atoms. The van der Waals surface area contributed by atoms with Crippen LogP contribution < -0.4 is 0 Å². The summed E-state index contributed by atoms with van der Waals surface area (Å²) in [6.45, 7) is 5.66. The number of nitrogens with zero attached hydrogens (tertiary/aromatic N) is 2. The van der Waals surface area contributed by atoms with Gasteiger partial charge in [-0.1, -0.05) is 36.6 Å². The van der Waals surface area contributed by atoms with Crippen LogP contribution in [0, 0.1) is 0 Å². The molecule has 0 radical (unpaired) electrons. The third kappa shape index (κ3) is 4.02. The first-order valence-corrected chi connectivity index (χ1v) is 8.87. The Bertz CT molecular complexity index is 457. The molecule has 0 N–H and O–H groups in total. The Labute approximate surface area is 139 Å².